The summed E-state index contributed by atoms with van der Waals surface area (Å²) in [6, 6.07) is 70.4. The van der Waals surface area contributed by atoms with Gasteiger partial charge in [0.25, 0.3) is 0 Å². The minimum Gasteiger partial charge on any atom is -0.456 e. The van der Waals surface area contributed by atoms with Crippen molar-refractivity contribution < 1.29 is 8.83 Å². The molecule has 0 unspecified atom stereocenters. The van der Waals surface area contributed by atoms with Gasteiger partial charge in [0.2, 0.25) is 0 Å². The van der Waals surface area contributed by atoms with Gasteiger partial charge in [0.15, 0.2) is 0 Å². The van der Waals surface area contributed by atoms with Crippen molar-refractivity contribution in [3.63, 3.8) is 0 Å². The second kappa shape index (κ2) is 11.9. The summed E-state index contributed by atoms with van der Waals surface area (Å²) in [5.41, 5.74) is 11.0. The average Bonchev–Trinajstić information content (AvgIpc) is 3.86. The Hall–Kier alpha value is -7.68. The maximum Gasteiger partial charge on any atom is 0.143 e. The van der Waals surface area contributed by atoms with Crippen LogP contribution in [-0.4, -0.2) is 0 Å². The van der Waals surface area contributed by atoms with E-state index in [9.17, 15) is 0 Å². The third-order valence-electron chi connectivity index (χ3n) is 12.5. The highest BCUT2D eigenvalue weighted by Crippen LogP contribution is 2.48. The van der Waals surface area contributed by atoms with E-state index in [1.54, 1.807) is 0 Å². The minimum atomic E-state index is 0.883. The maximum absolute atomic E-state index is 6.67. The van der Waals surface area contributed by atoms with Crippen molar-refractivity contribution in [3.8, 4) is 33.4 Å². The van der Waals surface area contributed by atoms with Crippen LogP contribution in [0.1, 0.15) is 0 Å². The normalized spacial score (nSPS) is 12.1. The molecular formula is C56H32O2. The van der Waals surface area contributed by atoms with Crippen LogP contribution in [0.15, 0.2) is 203 Å². The highest BCUT2D eigenvalue weighted by molar-refractivity contribution is 6.27. The van der Waals surface area contributed by atoms with Crippen molar-refractivity contribution in [2.24, 2.45) is 0 Å². The zero-order valence-corrected chi connectivity index (χ0v) is 31.3. The van der Waals surface area contributed by atoms with Crippen molar-refractivity contribution >= 4 is 97.7 Å². The second-order valence-corrected chi connectivity index (χ2v) is 15.5. The monoisotopic (exact) mass is 736 g/mol. The van der Waals surface area contributed by atoms with Crippen molar-refractivity contribution in [2.45, 2.75) is 0 Å². The van der Waals surface area contributed by atoms with E-state index in [0.717, 1.165) is 60.2 Å². The Morgan fingerprint density at radius 3 is 1.50 bits per heavy atom. The zero-order valence-electron chi connectivity index (χ0n) is 31.3. The Kier molecular flexibility index (Phi) is 6.47. The van der Waals surface area contributed by atoms with Crippen molar-refractivity contribution in [3.05, 3.63) is 194 Å². The molecule has 0 atom stereocenters. The number of hydrogen-bond donors (Lipinski definition) is 0. The lowest BCUT2D eigenvalue weighted by Gasteiger charge is -2.20. The van der Waals surface area contributed by atoms with Crippen molar-refractivity contribution in [1.29, 1.82) is 0 Å². The van der Waals surface area contributed by atoms with Gasteiger partial charge in [-0.05, 0) is 118 Å². The van der Waals surface area contributed by atoms with Crippen molar-refractivity contribution in [2.75, 3.05) is 0 Å². The van der Waals surface area contributed by atoms with Crippen LogP contribution in [0.2, 0.25) is 0 Å². The predicted octanol–water partition coefficient (Wildman–Crippen LogP) is 16.3. The molecule has 2 heteroatoms. The third-order valence-corrected chi connectivity index (χ3v) is 12.5. The predicted molar refractivity (Wildman–Crippen MR) is 245 cm³/mol. The first kappa shape index (κ1) is 31.5. The average molecular weight is 737 g/mol. The molecule has 2 nitrogen and oxygen atoms in total. The first-order valence-electron chi connectivity index (χ1n) is 19.9. The number of rotatable bonds is 3. The van der Waals surface area contributed by atoms with Crippen LogP contribution < -0.4 is 0 Å². The van der Waals surface area contributed by atoms with Gasteiger partial charge >= 0.3 is 0 Å². The van der Waals surface area contributed by atoms with Crippen LogP contribution in [0.5, 0.6) is 0 Å². The number of hydrogen-bond acceptors (Lipinski definition) is 2. The lowest BCUT2D eigenvalue weighted by molar-refractivity contribution is 0.669. The molecule has 0 N–H and O–H groups in total. The maximum atomic E-state index is 6.67. The van der Waals surface area contributed by atoms with E-state index in [1.807, 2.05) is 12.1 Å². The van der Waals surface area contributed by atoms with Crippen LogP contribution in [0.3, 0.4) is 0 Å². The molecule has 11 aromatic carbocycles. The van der Waals surface area contributed by atoms with Crippen LogP contribution in [0.25, 0.3) is 131 Å². The van der Waals surface area contributed by atoms with Gasteiger partial charge < -0.3 is 8.83 Å². The van der Waals surface area contributed by atoms with Gasteiger partial charge in [-0.3, -0.25) is 0 Å². The minimum absolute atomic E-state index is 0.883. The molecule has 0 bridgehead atoms. The first-order valence-corrected chi connectivity index (χ1v) is 19.9. The van der Waals surface area contributed by atoms with Gasteiger partial charge in [-0.15, -0.1) is 0 Å². The molecule has 2 aromatic heterocycles. The van der Waals surface area contributed by atoms with Gasteiger partial charge in [-0.1, -0.05) is 158 Å². The summed E-state index contributed by atoms with van der Waals surface area (Å²) < 4.78 is 12.9. The smallest absolute Gasteiger partial charge is 0.143 e. The van der Waals surface area contributed by atoms with Crippen LogP contribution in [0.4, 0.5) is 0 Å². The fourth-order valence-electron chi connectivity index (χ4n) is 9.95. The van der Waals surface area contributed by atoms with Crippen molar-refractivity contribution in [1.82, 2.24) is 0 Å². The van der Waals surface area contributed by atoms with Gasteiger partial charge in [-0.25, -0.2) is 0 Å². The summed E-state index contributed by atoms with van der Waals surface area (Å²) >= 11 is 0. The molecule has 13 aromatic rings. The first-order chi connectivity index (χ1) is 28.8. The molecule has 0 aliphatic rings. The summed E-state index contributed by atoms with van der Waals surface area (Å²) in [7, 11) is 0. The van der Waals surface area contributed by atoms with Gasteiger partial charge in [0.1, 0.15) is 22.3 Å². The highest BCUT2D eigenvalue weighted by Gasteiger charge is 2.21. The van der Waals surface area contributed by atoms with Gasteiger partial charge in [0.05, 0.1) is 0 Å². The molecule has 0 amide bonds. The number of furan rings is 2. The molecule has 2 heterocycles. The Morgan fingerprint density at radius 1 is 0.259 bits per heavy atom. The topological polar surface area (TPSA) is 26.3 Å². The van der Waals surface area contributed by atoms with Gasteiger partial charge in [0, 0.05) is 26.9 Å². The number of para-hydroxylation sites is 1. The van der Waals surface area contributed by atoms with E-state index in [1.165, 1.54) is 70.9 Å². The van der Waals surface area contributed by atoms with Crippen LogP contribution in [-0.2, 0) is 0 Å². The van der Waals surface area contributed by atoms with Crippen LogP contribution >= 0.6 is 0 Å². The Balaban J connectivity index is 1.02. The number of benzene rings is 11. The van der Waals surface area contributed by atoms with E-state index in [-0.39, 0.29) is 0 Å². The SMILES string of the molecule is c1ccc2c(-c3c4ccccc4c(-c4ccc(-c5ccc6oc7c(ccc8c7ccc7oc9ccccc9c78)c6c5)c5ccccc45)c4ccccc34)cccc2c1. The summed E-state index contributed by atoms with van der Waals surface area (Å²) in [6.07, 6.45) is 0. The molecule has 13 rings (SSSR count). The van der Waals surface area contributed by atoms with Crippen LogP contribution in [0, 0.1) is 0 Å². The molecule has 58 heavy (non-hydrogen) atoms. The Bertz CT molecular complexity index is 3800. The van der Waals surface area contributed by atoms with E-state index in [2.05, 4.69) is 182 Å². The summed E-state index contributed by atoms with van der Waals surface area (Å²) in [4.78, 5) is 0. The standard InChI is InChI=1S/C56H32O2/c1-2-14-35-33(12-1)13-11-22-39(35)53-40-17-5-7-19-42(40)54(43-20-8-6-18-41(43)53)44-26-25-36(37-15-3-4-16-38(37)44)34-24-30-51-49(32-34)47-28-27-45-46(56(47)58-51)29-31-52-55(45)48-21-9-10-23-50(48)57-52/h1-32H. The molecule has 0 spiro atoms. The second-order valence-electron chi connectivity index (χ2n) is 15.5. The summed E-state index contributed by atoms with van der Waals surface area (Å²) in [6.45, 7) is 0. The molecule has 0 aliphatic carbocycles. The molecule has 0 saturated heterocycles. The quantitative estimate of drug-likeness (QED) is 0.169. The molecule has 268 valence electrons. The summed E-state index contributed by atoms with van der Waals surface area (Å²) in [5, 5.41) is 16.7. The third kappa shape index (κ3) is 4.37. The van der Waals surface area contributed by atoms with Gasteiger partial charge in [-0.2, -0.15) is 0 Å². The molecule has 0 radical (unpaired) electrons. The van der Waals surface area contributed by atoms with E-state index in [4.69, 9.17) is 8.83 Å². The molecule has 0 aliphatic heterocycles. The zero-order chi connectivity index (χ0) is 37.9. The largest absolute Gasteiger partial charge is 0.456 e. The summed E-state index contributed by atoms with van der Waals surface area (Å²) in [5.74, 6) is 0. The Labute approximate surface area is 332 Å². The Morgan fingerprint density at radius 2 is 0.759 bits per heavy atom. The highest BCUT2D eigenvalue weighted by atomic mass is 16.3. The fourth-order valence-corrected chi connectivity index (χ4v) is 9.95. The molecule has 0 saturated carbocycles. The van der Waals surface area contributed by atoms with E-state index < -0.39 is 0 Å². The lowest BCUT2D eigenvalue weighted by Crippen LogP contribution is -1.93. The molecular weight excluding hydrogens is 705 g/mol. The van der Waals surface area contributed by atoms with E-state index >= 15 is 0 Å². The fraction of sp³-hybridized carbons (Fsp3) is 0. The number of fused-ring (bicyclic) bond motifs is 13. The van der Waals surface area contributed by atoms with E-state index in [0.29, 0.717) is 0 Å². The lowest BCUT2D eigenvalue weighted by atomic mass is 9.83. The molecule has 0 fully saturated rings.